The normalized spacial score (nSPS) is 30.9. The molecule has 4 aliphatic rings. The summed E-state index contributed by atoms with van der Waals surface area (Å²) in [5, 5.41) is 51.7. The molecule has 2 saturated carbocycles. The summed E-state index contributed by atoms with van der Waals surface area (Å²) in [6, 6.07) is 18.7. The highest BCUT2D eigenvalue weighted by atomic mass is 16.6. The number of nitrogens with zero attached hydrogens (tertiary/aromatic N) is 1. The Morgan fingerprint density at radius 2 is 1.48 bits per heavy atom. The van der Waals surface area contributed by atoms with Gasteiger partial charge in [-0.05, 0) is 54.8 Å². The van der Waals surface area contributed by atoms with Gasteiger partial charge in [-0.15, -0.1) is 0 Å². The smallest absolute Gasteiger partial charge is 0.338 e. The fourth-order valence-electron chi connectivity index (χ4n) is 10.3. The maximum Gasteiger partial charge on any atom is 0.338 e. The first-order valence-electron chi connectivity index (χ1n) is 21.0. The van der Waals surface area contributed by atoms with Gasteiger partial charge in [0.25, 0.3) is 11.6 Å². The quantitative estimate of drug-likeness (QED) is 0.0704. The second-order valence-corrected chi connectivity index (χ2v) is 17.8. The summed E-state index contributed by atoms with van der Waals surface area (Å²) in [6.45, 7) is 7.70. The Kier molecular flexibility index (Phi) is 12.4. The van der Waals surface area contributed by atoms with Crippen LogP contribution in [0.15, 0.2) is 96.1 Å². The van der Waals surface area contributed by atoms with Gasteiger partial charge in [0, 0.05) is 49.8 Å². The van der Waals surface area contributed by atoms with Crippen LogP contribution >= 0.6 is 0 Å². The van der Waals surface area contributed by atoms with Crippen molar-refractivity contribution < 1.29 is 72.7 Å². The van der Waals surface area contributed by atoms with Crippen molar-refractivity contribution in [3.63, 3.8) is 0 Å². The summed E-state index contributed by atoms with van der Waals surface area (Å²) >= 11 is 0. The number of rotatable bonds is 11. The number of nitro benzene ring substituents is 1. The summed E-state index contributed by atoms with van der Waals surface area (Å²) in [7, 11) is 0. The molecule has 7 rings (SSSR count). The highest BCUT2D eigenvalue weighted by Gasteiger charge is 2.78. The SMILES string of the molecule is CC(=O)O[C@H]1C(=O)[C@@]2(C)[C@H]([C@H](OC(=O)c3ccccc3)[C@]3(O)C[C@H](OC(=O)[C@H](O)[C@@H](NC(=O)c4ccccc4)c4ccc([N+](=O)[O-])cc4)C(C)=C1C3(C)C)[C@]1(OC(C)=O)CO[C@@H]1C[C@@H]2O. The number of ketones is 1. The number of fused-ring (bicyclic) bond motifs is 5. The zero-order valence-electron chi connectivity index (χ0n) is 36.4. The number of esters is 4. The number of ether oxygens (including phenoxy) is 5. The van der Waals surface area contributed by atoms with Crippen LogP contribution in [0.25, 0.3) is 0 Å². The van der Waals surface area contributed by atoms with Crippen molar-refractivity contribution in [2.75, 3.05) is 6.61 Å². The Bertz CT molecular complexity index is 2440. The van der Waals surface area contributed by atoms with Crippen LogP contribution in [0.4, 0.5) is 5.69 Å². The number of hydrogen-bond acceptors (Lipinski definition) is 16. The molecule has 3 aliphatic carbocycles. The third-order valence-electron chi connectivity index (χ3n) is 13.8. The number of benzene rings is 3. The van der Waals surface area contributed by atoms with E-state index in [1.54, 1.807) is 36.4 Å². The van der Waals surface area contributed by atoms with Crippen LogP contribution in [0.5, 0.6) is 0 Å². The zero-order valence-corrected chi connectivity index (χ0v) is 36.4. The number of carbonyl (C=O) groups is 6. The summed E-state index contributed by atoms with van der Waals surface area (Å²) < 4.78 is 30.2. The van der Waals surface area contributed by atoms with Gasteiger partial charge in [-0.25, -0.2) is 9.59 Å². The van der Waals surface area contributed by atoms with Crippen LogP contribution in [-0.4, -0.2) is 110 Å². The van der Waals surface area contributed by atoms with Gasteiger partial charge in [-0.1, -0.05) is 62.4 Å². The first kappa shape index (κ1) is 46.6. The highest BCUT2D eigenvalue weighted by Crippen LogP contribution is 2.64. The van der Waals surface area contributed by atoms with E-state index in [0.29, 0.717) is 0 Å². The van der Waals surface area contributed by atoms with Crippen LogP contribution in [0.1, 0.15) is 86.7 Å². The highest BCUT2D eigenvalue weighted by molar-refractivity contribution is 5.96. The van der Waals surface area contributed by atoms with E-state index in [1.807, 2.05) is 0 Å². The van der Waals surface area contributed by atoms with Gasteiger partial charge in [0.15, 0.2) is 23.6 Å². The van der Waals surface area contributed by atoms with Gasteiger partial charge in [-0.3, -0.25) is 29.3 Å². The molecule has 1 heterocycles. The molecule has 4 N–H and O–H groups in total. The number of nitrogens with one attached hydrogen (secondary N) is 1. The predicted molar refractivity (Wildman–Crippen MR) is 224 cm³/mol. The van der Waals surface area contributed by atoms with E-state index >= 15 is 4.79 Å². The van der Waals surface area contributed by atoms with Crippen molar-refractivity contribution in [2.45, 2.75) is 108 Å². The summed E-state index contributed by atoms with van der Waals surface area (Å²) in [6.07, 6.45) is -11.1. The number of aliphatic hydroxyl groups is 3. The fourth-order valence-corrected chi connectivity index (χ4v) is 10.3. The van der Waals surface area contributed by atoms with E-state index in [2.05, 4.69) is 5.32 Å². The Morgan fingerprint density at radius 3 is 2.02 bits per heavy atom. The van der Waals surface area contributed by atoms with Gasteiger partial charge in [0.2, 0.25) is 0 Å². The Labute approximate surface area is 373 Å². The number of carbonyl (C=O) groups excluding carboxylic acids is 6. The number of Topliss-reactive ketones (excluding diaryl/α,β-unsaturated/α-hetero) is 1. The minimum Gasteiger partial charge on any atom is -0.456 e. The van der Waals surface area contributed by atoms with Gasteiger partial charge in [0.05, 0.1) is 40.6 Å². The monoisotopic (exact) mass is 898 g/mol. The van der Waals surface area contributed by atoms with E-state index in [0.717, 1.165) is 26.0 Å². The van der Waals surface area contributed by atoms with Crippen LogP contribution in [0, 0.1) is 26.9 Å². The van der Waals surface area contributed by atoms with Crippen molar-refractivity contribution in [1.29, 1.82) is 0 Å². The number of amides is 1. The maximum atomic E-state index is 15.5. The fraction of sp³-hybridized carbons (Fsp3) is 0.447. The predicted octanol–water partition coefficient (Wildman–Crippen LogP) is 3.64. The molecule has 0 aromatic heterocycles. The van der Waals surface area contributed by atoms with Crippen molar-refractivity contribution in [3.05, 3.63) is 123 Å². The summed E-state index contributed by atoms with van der Waals surface area (Å²) in [5.74, 6) is -7.32. The number of non-ortho nitro benzene ring substituents is 1. The Hall–Kier alpha value is -6.34. The molecule has 0 spiro atoms. The van der Waals surface area contributed by atoms with E-state index in [9.17, 15) is 49.4 Å². The lowest BCUT2D eigenvalue weighted by Gasteiger charge is -2.67. The topological polar surface area (TPSA) is 264 Å². The second kappa shape index (κ2) is 17.2. The van der Waals surface area contributed by atoms with Gasteiger partial charge >= 0.3 is 23.9 Å². The molecular weight excluding hydrogens is 849 g/mol. The third kappa shape index (κ3) is 7.87. The molecule has 3 fully saturated rings. The van der Waals surface area contributed by atoms with E-state index in [4.69, 9.17) is 23.7 Å². The lowest BCUT2D eigenvalue weighted by molar-refractivity contribution is -0.384. The van der Waals surface area contributed by atoms with E-state index < -0.39 is 118 Å². The zero-order chi connectivity index (χ0) is 47.4. The first-order valence-corrected chi connectivity index (χ1v) is 21.0. The van der Waals surface area contributed by atoms with Crippen molar-refractivity contribution in [3.8, 4) is 0 Å². The van der Waals surface area contributed by atoms with Crippen LogP contribution in [0.2, 0.25) is 0 Å². The van der Waals surface area contributed by atoms with Crippen LogP contribution < -0.4 is 5.32 Å². The molecule has 344 valence electrons. The summed E-state index contributed by atoms with van der Waals surface area (Å²) in [4.78, 5) is 94.5. The van der Waals surface area contributed by atoms with Crippen molar-refractivity contribution >= 4 is 41.3 Å². The Morgan fingerprint density at radius 1 is 0.877 bits per heavy atom. The largest absolute Gasteiger partial charge is 0.456 e. The Balaban J connectivity index is 1.38. The third-order valence-corrected chi connectivity index (χ3v) is 13.8. The van der Waals surface area contributed by atoms with E-state index in [1.165, 1.54) is 64.1 Å². The molecule has 1 aliphatic heterocycles. The van der Waals surface area contributed by atoms with Crippen LogP contribution in [-0.2, 0) is 42.9 Å². The standard InChI is InChI=1S/C47H50N2O16/c1-24-31(63-43(57)36(53)35(27-17-19-30(20-18-27)49(59)60)48-41(55)28-13-9-7-10-14-28)22-47(58)40(64-42(56)29-15-11-8-12-16-29)38-45(6,32(52)21-33-46(38,23-61-33)65-26(3)51)39(54)37(62-25(2)50)34(24)44(47,4)5/h7-20,31-33,35-38,40,52-53,58H,21-23H2,1-6H3,(H,48,55)/t31-,32-,33+,35-,36+,37+,38-,40-,45+,46-,47+/m0/s1. The molecule has 1 amide bonds. The van der Waals surface area contributed by atoms with E-state index in [-0.39, 0.29) is 46.6 Å². The number of aliphatic hydroxyl groups excluding tert-OH is 2. The second-order valence-electron chi connectivity index (χ2n) is 17.8. The number of nitro groups is 1. The summed E-state index contributed by atoms with van der Waals surface area (Å²) in [5.41, 5.74) is -8.12. The molecule has 18 nitrogen and oxygen atoms in total. The number of hydrogen-bond donors (Lipinski definition) is 4. The lowest BCUT2D eigenvalue weighted by atomic mass is 9.44. The molecule has 3 aromatic rings. The first-order chi connectivity index (χ1) is 30.6. The molecular formula is C47H50N2O16. The molecule has 65 heavy (non-hydrogen) atoms. The van der Waals surface area contributed by atoms with Gasteiger partial charge < -0.3 is 44.3 Å². The molecule has 11 atom stereocenters. The average molecular weight is 899 g/mol. The van der Waals surface area contributed by atoms with Crippen molar-refractivity contribution in [2.24, 2.45) is 16.7 Å². The average Bonchev–Trinajstić information content (AvgIpc) is 3.26. The lowest BCUT2D eigenvalue weighted by Crippen LogP contribution is -2.82. The molecule has 2 bridgehead atoms. The minimum absolute atomic E-state index is 0.0322. The minimum atomic E-state index is -2.46. The molecule has 0 unspecified atom stereocenters. The van der Waals surface area contributed by atoms with Crippen molar-refractivity contribution in [1.82, 2.24) is 5.32 Å². The van der Waals surface area contributed by atoms with Gasteiger partial charge in [0.1, 0.15) is 23.9 Å². The molecule has 0 radical (unpaired) electrons. The molecule has 3 aromatic carbocycles. The maximum absolute atomic E-state index is 15.5. The van der Waals surface area contributed by atoms with Crippen LogP contribution in [0.3, 0.4) is 0 Å². The molecule has 1 saturated heterocycles. The molecule has 18 heteroatoms. The van der Waals surface area contributed by atoms with Gasteiger partial charge in [-0.2, -0.15) is 0 Å².